The second-order valence-corrected chi connectivity index (χ2v) is 10.2. The zero-order valence-electron chi connectivity index (χ0n) is 23.0. The van der Waals surface area contributed by atoms with Gasteiger partial charge in [0.2, 0.25) is 0 Å². The number of fused-ring (bicyclic) bond motifs is 2. The molecule has 0 amide bonds. The van der Waals surface area contributed by atoms with Crippen LogP contribution in [-0.4, -0.2) is 92.8 Å². The summed E-state index contributed by atoms with van der Waals surface area (Å²) in [4.78, 5) is 41.0. The van der Waals surface area contributed by atoms with Crippen molar-refractivity contribution in [3.63, 3.8) is 0 Å². The number of halogens is 9. The lowest BCUT2D eigenvalue weighted by molar-refractivity contribution is -0.193. The molecule has 250 valence electrons. The predicted molar refractivity (Wildman–Crippen MR) is 136 cm³/mol. The highest BCUT2D eigenvalue weighted by Gasteiger charge is 2.49. The summed E-state index contributed by atoms with van der Waals surface area (Å²) in [5, 5.41) is 21.4. The molecule has 1 saturated heterocycles. The van der Waals surface area contributed by atoms with E-state index in [4.69, 9.17) is 34.7 Å². The van der Waals surface area contributed by atoms with Gasteiger partial charge in [-0.2, -0.15) is 39.5 Å². The summed E-state index contributed by atoms with van der Waals surface area (Å²) in [6.07, 6.45) is -5.34. The minimum Gasteiger partial charge on any atom is -0.475 e. The maximum atomic E-state index is 10.6. The molecular formula is C26H27F9N4O6. The van der Waals surface area contributed by atoms with E-state index in [1.54, 1.807) is 0 Å². The number of carboxylic acids is 3. The van der Waals surface area contributed by atoms with Gasteiger partial charge in [0.25, 0.3) is 0 Å². The lowest BCUT2D eigenvalue weighted by Crippen LogP contribution is -2.37. The molecule has 19 heteroatoms. The van der Waals surface area contributed by atoms with Gasteiger partial charge in [-0.1, -0.05) is 6.07 Å². The molecule has 1 saturated carbocycles. The smallest absolute Gasteiger partial charge is 0.475 e. The van der Waals surface area contributed by atoms with Gasteiger partial charge in [0.1, 0.15) is 0 Å². The van der Waals surface area contributed by atoms with E-state index in [0.717, 1.165) is 19.0 Å². The number of aliphatic carboxylic acids is 3. The van der Waals surface area contributed by atoms with Gasteiger partial charge in [0.05, 0.1) is 11.4 Å². The van der Waals surface area contributed by atoms with Gasteiger partial charge in [-0.05, 0) is 55.5 Å². The van der Waals surface area contributed by atoms with E-state index in [-0.39, 0.29) is 5.41 Å². The third-order valence-electron chi connectivity index (χ3n) is 6.59. The zero-order chi connectivity index (χ0) is 34.2. The lowest BCUT2D eigenvalue weighted by Gasteiger charge is -2.26. The van der Waals surface area contributed by atoms with Crippen molar-refractivity contribution in [1.82, 2.24) is 14.9 Å². The van der Waals surface area contributed by atoms with E-state index < -0.39 is 36.4 Å². The molecule has 1 unspecified atom stereocenters. The number of rotatable bonds is 4. The van der Waals surface area contributed by atoms with E-state index in [0.29, 0.717) is 0 Å². The number of hydrogen-bond donors (Lipinski definition) is 3. The second kappa shape index (κ2) is 14.7. The normalized spacial score (nSPS) is 19.3. The number of alkyl halides is 9. The molecule has 1 spiro atoms. The first-order valence-corrected chi connectivity index (χ1v) is 12.9. The van der Waals surface area contributed by atoms with Crippen LogP contribution in [0.1, 0.15) is 30.5 Å². The van der Waals surface area contributed by atoms with Crippen LogP contribution >= 0.6 is 0 Å². The molecule has 4 heterocycles. The fourth-order valence-electron chi connectivity index (χ4n) is 4.54. The number of aromatic nitrogens is 2. The molecule has 0 bridgehead atoms. The molecule has 1 aliphatic carbocycles. The fourth-order valence-corrected chi connectivity index (χ4v) is 4.54. The molecule has 1 atom stereocenters. The number of anilines is 1. The van der Waals surface area contributed by atoms with Gasteiger partial charge in [0, 0.05) is 50.2 Å². The maximum absolute atomic E-state index is 10.6. The van der Waals surface area contributed by atoms with E-state index >= 15 is 0 Å². The summed E-state index contributed by atoms with van der Waals surface area (Å²) in [6, 6.07) is 8.52. The number of nitrogens with zero attached hydrogens (tertiary/aromatic N) is 4. The molecule has 3 aliphatic rings. The van der Waals surface area contributed by atoms with Crippen molar-refractivity contribution in [1.29, 1.82) is 0 Å². The predicted octanol–water partition coefficient (Wildman–Crippen LogP) is 4.75. The van der Waals surface area contributed by atoms with Gasteiger partial charge in [-0.15, -0.1) is 0 Å². The van der Waals surface area contributed by atoms with Crippen LogP contribution in [0.25, 0.3) is 0 Å². The van der Waals surface area contributed by atoms with Gasteiger partial charge in [-0.25, -0.2) is 14.4 Å². The van der Waals surface area contributed by atoms with Crippen molar-refractivity contribution in [3.05, 3.63) is 54.1 Å². The van der Waals surface area contributed by atoms with E-state index in [1.807, 2.05) is 24.7 Å². The quantitative estimate of drug-likeness (QED) is 0.393. The van der Waals surface area contributed by atoms with Crippen LogP contribution < -0.4 is 4.90 Å². The summed E-state index contributed by atoms with van der Waals surface area (Å²) in [5.74, 6) is -7.30. The first-order chi connectivity index (χ1) is 20.7. The standard InChI is InChI=1S/C20H24N4.3C2HF3O2/c1-3-17(11-21-8-1)13-24-15-20(19-18(24)4-2-9-22-19)7-10-23(14-20)12-16-5-6-16;3*3-2(4,5)1(6)7/h1-4,8-9,11,16H,5-7,10,12-15H2;3*(H,6,7). The number of pyridine rings is 2. The van der Waals surface area contributed by atoms with E-state index in [1.165, 1.54) is 55.8 Å². The van der Waals surface area contributed by atoms with Crippen LogP contribution in [0.5, 0.6) is 0 Å². The minimum absolute atomic E-state index is 0.230. The monoisotopic (exact) mass is 662 g/mol. The SMILES string of the molecule is O=C(O)C(F)(F)F.O=C(O)C(F)(F)F.O=C(O)C(F)(F)F.c1cncc(CN2CC3(CCN(CC4CC4)C3)c3ncccc32)c1. The van der Waals surface area contributed by atoms with Crippen molar-refractivity contribution in [2.24, 2.45) is 5.92 Å². The average Bonchev–Trinajstić information content (AvgIpc) is 3.58. The Morgan fingerprint density at radius 3 is 1.78 bits per heavy atom. The van der Waals surface area contributed by atoms with Gasteiger partial charge >= 0.3 is 36.4 Å². The van der Waals surface area contributed by atoms with Crippen molar-refractivity contribution in [2.75, 3.05) is 31.1 Å². The molecule has 2 fully saturated rings. The second-order valence-electron chi connectivity index (χ2n) is 10.2. The summed E-state index contributed by atoms with van der Waals surface area (Å²) in [7, 11) is 0. The molecule has 2 aliphatic heterocycles. The Hall–Kier alpha value is -4.16. The molecule has 10 nitrogen and oxygen atoms in total. The van der Waals surface area contributed by atoms with Crippen LogP contribution in [0.15, 0.2) is 42.9 Å². The third kappa shape index (κ3) is 11.7. The Morgan fingerprint density at radius 2 is 1.33 bits per heavy atom. The Labute approximate surface area is 249 Å². The maximum Gasteiger partial charge on any atom is 0.490 e. The Balaban J connectivity index is 0.000000277. The van der Waals surface area contributed by atoms with Crippen molar-refractivity contribution < 1.29 is 69.2 Å². The van der Waals surface area contributed by atoms with Gasteiger partial charge in [0.15, 0.2) is 0 Å². The third-order valence-corrected chi connectivity index (χ3v) is 6.59. The first-order valence-electron chi connectivity index (χ1n) is 12.9. The summed E-state index contributed by atoms with van der Waals surface area (Å²) >= 11 is 0. The topological polar surface area (TPSA) is 144 Å². The number of carboxylic acid groups (broad SMARTS) is 3. The van der Waals surface area contributed by atoms with Crippen molar-refractivity contribution in [2.45, 2.75) is 49.8 Å². The molecule has 45 heavy (non-hydrogen) atoms. The van der Waals surface area contributed by atoms with Crippen LogP contribution in [0.2, 0.25) is 0 Å². The van der Waals surface area contributed by atoms with E-state index in [9.17, 15) is 39.5 Å². The highest BCUT2D eigenvalue weighted by atomic mass is 19.4. The van der Waals surface area contributed by atoms with Crippen molar-refractivity contribution >= 4 is 23.6 Å². The van der Waals surface area contributed by atoms with Crippen molar-refractivity contribution in [3.8, 4) is 0 Å². The van der Waals surface area contributed by atoms with Crippen LogP contribution in [-0.2, 0) is 26.3 Å². The molecule has 2 aromatic heterocycles. The van der Waals surface area contributed by atoms with Crippen LogP contribution in [0.3, 0.4) is 0 Å². The van der Waals surface area contributed by atoms with Crippen LogP contribution in [0.4, 0.5) is 45.2 Å². The van der Waals surface area contributed by atoms with E-state index in [2.05, 4.69) is 33.0 Å². The molecule has 3 N–H and O–H groups in total. The summed E-state index contributed by atoms with van der Waals surface area (Å²) < 4.78 is 95.2. The van der Waals surface area contributed by atoms with Gasteiger partial charge in [-0.3, -0.25) is 9.97 Å². The Bertz CT molecular complexity index is 1250. The lowest BCUT2D eigenvalue weighted by atomic mass is 9.85. The largest absolute Gasteiger partial charge is 0.490 e. The Kier molecular flexibility index (Phi) is 12.1. The number of likely N-dealkylation sites (tertiary alicyclic amines) is 1. The van der Waals surface area contributed by atoms with Gasteiger partial charge < -0.3 is 25.1 Å². The average molecular weight is 663 g/mol. The number of hydrogen-bond acceptors (Lipinski definition) is 7. The fraction of sp³-hybridized carbons (Fsp3) is 0.500. The summed E-state index contributed by atoms with van der Waals surface area (Å²) in [6.45, 7) is 5.73. The highest BCUT2D eigenvalue weighted by Crippen LogP contribution is 2.46. The van der Waals surface area contributed by atoms with Crippen LogP contribution in [0, 0.1) is 5.92 Å². The molecule has 0 radical (unpaired) electrons. The zero-order valence-corrected chi connectivity index (χ0v) is 23.0. The molecular weight excluding hydrogens is 635 g/mol. The molecule has 2 aromatic rings. The minimum atomic E-state index is -5.08. The molecule has 0 aromatic carbocycles. The summed E-state index contributed by atoms with van der Waals surface area (Å²) in [5.41, 5.74) is 4.16. The molecule has 5 rings (SSSR count). The Morgan fingerprint density at radius 1 is 0.822 bits per heavy atom. The highest BCUT2D eigenvalue weighted by molar-refractivity contribution is 5.73. The number of carbonyl (C=O) groups is 3. The first kappa shape index (κ1) is 37.0.